The summed E-state index contributed by atoms with van der Waals surface area (Å²) in [6.45, 7) is 4.45. The molecule has 1 spiro atoms. The Kier molecular flexibility index (Phi) is 6.84. The number of amides is 3. The normalized spacial score (nSPS) is 30.4. The van der Waals surface area contributed by atoms with Gasteiger partial charge in [-0.15, -0.1) is 0 Å². The SMILES string of the molecule is O=C(N1CCN(c2c(Cl)cncc2Cl)CC1)N1CCCC2(CCN([C@H]3CC[C@H](O)CC3)C2=O)C1. The molecule has 186 valence electrons. The van der Waals surface area contributed by atoms with Crippen molar-refractivity contribution in [2.75, 3.05) is 50.7 Å². The van der Waals surface area contributed by atoms with Crippen LogP contribution in [0.3, 0.4) is 0 Å². The number of aliphatic hydroxyl groups is 1. The first kappa shape index (κ1) is 23.9. The van der Waals surface area contributed by atoms with Crippen molar-refractivity contribution < 1.29 is 14.7 Å². The van der Waals surface area contributed by atoms with E-state index in [1.165, 1.54) is 0 Å². The first-order chi connectivity index (χ1) is 16.4. The third-order valence-corrected chi connectivity index (χ3v) is 8.75. The lowest BCUT2D eigenvalue weighted by molar-refractivity contribution is -0.141. The molecule has 0 radical (unpaired) electrons. The van der Waals surface area contributed by atoms with Gasteiger partial charge in [-0.05, 0) is 44.9 Å². The number of pyridine rings is 1. The minimum Gasteiger partial charge on any atom is -0.393 e. The number of likely N-dealkylation sites (tertiary alicyclic amines) is 2. The number of carbonyl (C=O) groups is 2. The molecule has 3 aliphatic heterocycles. The number of piperidine rings is 1. The Bertz CT molecular complexity index is 913. The van der Waals surface area contributed by atoms with Gasteiger partial charge in [0.2, 0.25) is 5.91 Å². The molecule has 0 bridgehead atoms. The Hall–Kier alpha value is -1.77. The number of aromatic nitrogens is 1. The first-order valence-electron chi connectivity index (χ1n) is 12.4. The fourth-order valence-corrected chi connectivity index (χ4v) is 6.87. The van der Waals surface area contributed by atoms with Crippen LogP contribution >= 0.6 is 23.2 Å². The van der Waals surface area contributed by atoms with Crippen LogP contribution in [0.1, 0.15) is 44.9 Å². The highest BCUT2D eigenvalue weighted by atomic mass is 35.5. The maximum absolute atomic E-state index is 13.5. The van der Waals surface area contributed by atoms with Crippen molar-refractivity contribution in [3.05, 3.63) is 22.4 Å². The van der Waals surface area contributed by atoms with Crippen LogP contribution in [0, 0.1) is 5.41 Å². The van der Waals surface area contributed by atoms with Crippen LogP contribution in [0.15, 0.2) is 12.4 Å². The second kappa shape index (κ2) is 9.70. The van der Waals surface area contributed by atoms with Crippen molar-refractivity contribution in [3.63, 3.8) is 0 Å². The molecule has 1 aromatic rings. The van der Waals surface area contributed by atoms with Crippen LogP contribution in [-0.2, 0) is 4.79 Å². The highest BCUT2D eigenvalue weighted by Gasteiger charge is 2.51. The smallest absolute Gasteiger partial charge is 0.320 e. The molecule has 1 N–H and O–H groups in total. The summed E-state index contributed by atoms with van der Waals surface area (Å²) in [7, 11) is 0. The number of anilines is 1. The van der Waals surface area contributed by atoms with Crippen molar-refractivity contribution in [1.29, 1.82) is 0 Å². The molecule has 3 amide bonds. The summed E-state index contributed by atoms with van der Waals surface area (Å²) in [6.07, 6.45) is 8.78. The number of nitrogens with zero attached hydrogens (tertiary/aromatic N) is 5. The van der Waals surface area contributed by atoms with Crippen LogP contribution in [0.25, 0.3) is 0 Å². The van der Waals surface area contributed by atoms with Crippen molar-refractivity contribution in [2.45, 2.75) is 57.1 Å². The molecule has 0 aromatic carbocycles. The fraction of sp³-hybridized carbons (Fsp3) is 0.708. The quantitative estimate of drug-likeness (QED) is 0.661. The summed E-state index contributed by atoms with van der Waals surface area (Å²) < 4.78 is 0. The van der Waals surface area contributed by atoms with Crippen LogP contribution in [0.2, 0.25) is 10.0 Å². The largest absolute Gasteiger partial charge is 0.393 e. The average Bonchev–Trinajstić information content (AvgIpc) is 3.14. The minimum atomic E-state index is -0.441. The third kappa shape index (κ3) is 4.44. The molecule has 4 heterocycles. The predicted octanol–water partition coefficient (Wildman–Crippen LogP) is 3.25. The zero-order valence-corrected chi connectivity index (χ0v) is 21.0. The number of hydrogen-bond acceptors (Lipinski definition) is 5. The van der Waals surface area contributed by atoms with E-state index in [2.05, 4.69) is 14.8 Å². The second-order valence-corrected chi connectivity index (χ2v) is 11.0. The monoisotopic (exact) mass is 509 g/mol. The second-order valence-electron chi connectivity index (χ2n) is 10.2. The van der Waals surface area contributed by atoms with Crippen LogP contribution in [0.5, 0.6) is 0 Å². The van der Waals surface area contributed by atoms with E-state index in [4.69, 9.17) is 23.2 Å². The molecule has 5 rings (SSSR count). The van der Waals surface area contributed by atoms with Crippen molar-refractivity contribution in [3.8, 4) is 0 Å². The van der Waals surface area contributed by atoms with E-state index in [9.17, 15) is 14.7 Å². The molecule has 1 atom stereocenters. The van der Waals surface area contributed by atoms with Crippen LogP contribution < -0.4 is 4.90 Å². The summed E-state index contributed by atoms with van der Waals surface area (Å²) in [5.41, 5.74) is 0.332. The summed E-state index contributed by atoms with van der Waals surface area (Å²) in [5, 5.41) is 10.9. The molecule has 4 aliphatic rings. The number of rotatable bonds is 2. The van der Waals surface area contributed by atoms with E-state index in [0.717, 1.165) is 57.2 Å². The summed E-state index contributed by atoms with van der Waals surface area (Å²) in [4.78, 5) is 38.9. The van der Waals surface area contributed by atoms with E-state index in [0.29, 0.717) is 49.3 Å². The van der Waals surface area contributed by atoms with E-state index in [-0.39, 0.29) is 24.1 Å². The molecule has 1 aliphatic carbocycles. The maximum Gasteiger partial charge on any atom is 0.320 e. The predicted molar refractivity (Wildman–Crippen MR) is 131 cm³/mol. The highest BCUT2D eigenvalue weighted by molar-refractivity contribution is 6.38. The number of carbonyl (C=O) groups excluding carboxylic acids is 2. The minimum absolute atomic E-state index is 0.0256. The Morgan fingerprint density at radius 2 is 1.62 bits per heavy atom. The van der Waals surface area contributed by atoms with Gasteiger partial charge >= 0.3 is 6.03 Å². The number of halogens is 2. The summed E-state index contributed by atoms with van der Waals surface area (Å²) >= 11 is 12.6. The lowest BCUT2D eigenvalue weighted by Gasteiger charge is -2.43. The van der Waals surface area contributed by atoms with Gasteiger partial charge in [0, 0.05) is 64.2 Å². The number of hydrogen-bond donors (Lipinski definition) is 1. The molecular formula is C24H33Cl2N5O3. The molecule has 10 heteroatoms. The Morgan fingerprint density at radius 1 is 0.941 bits per heavy atom. The number of piperazine rings is 1. The van der Waals surface area contributed by atoms with Crippen molar-refractivity contribution in [2.24, 2.45) is 5.41 Å². The van der Waals surface area contributed by atoms with E-state index >= 15 is 0 Å². The zero-order valence-electron chi connectivity index (χ0n) is 19.5. The molecule has 1 aromatic heterocycles. The summed E-state index contributed by atoms with van der Waals surface area (Å²) in [5.74, 6) is 0.221. The lowest BCUT2D eigenvalue weighted by Crippen LogP contribution is -2.57. The van der Waals surface area contributed by atoms with Gasteiger partial charge in [0.05, 0.1) is 27.3 Å². The lowest BCUT2D eigenvalue weighted by atomic mass is 9.78. The van der Waals surface area contributed by atoms with Gasteiger partial charge in [0.25, 0.3) is 0 Å². The van der Waals surface area contributed by atoms with Gasteiger partial charge in [0.15, 0.2) is 0 Å². The molecule has 1 unspecified atom stereocenters. The maximum atomic E-state index is 13.5. The van der Waals surface area contributed by atoms with Crippen LogP contribution in [-0.4, -0.2) is 94.7 Å². The summed E-state index contributed by atoms with van der Waals surface area (Å²) in [6, 6.07) is 0.263. The average molecular weight is 510 g/mol. The zero-order chi connectivity index (χ0) is 23.9. The highest BCUT2D eigenvalue weighted by Crippen LogP contribution is 2.43. The van der Waals surface area contributed by atoms with Gasteiger partial charge < -0.3 is 24.7 Å². The Labute approximate surface area is 210 Å². The van der Waals surface area contributed by atoms with Crippen LogP contribution in [0.4, 0.5) is 10.5 Å². The van der Waals surface area contributed by atoms with E-state index in [1.54, 1.807) is 12.4 Å². The number of urea groups is 1. The Morgan fingerprint density at radius 3 is 2.29 bits per heavy atom. The van der Waals surface area contributed by atoms with Gasteiger partial charge in [-0.3, -0.25) is 9.78 Å². The van der Waals surface area contributed by atoms with Gasteiger partial charge in [-0.25, -0.2) is 4.79 Å². The molecule has 34 heavy (non-hydrogen) atoms. The van der Waals surface area contributed by atoms with Gasteiger partial charge in [-0.2, -0.15) is 0 Å². The van der Waals surface area contributed by atoms with Crippen molar-refractivity contribution in [1.82, 2.24) is 19.7 Å². The topological polar surface area (TPSA) is 80.2 Å². The fourth-order valence-electron chi connectivity index (χ4n) is 6.27. The molecule has 8 nitrogen and oxygen atoms in total. The van der Waals surface area contributed by atoms with E-state index in [1.807, 2.05) is 9.80 Å². The molecule has 1 saturated carbocycles. The Balaban J connectivity index is 1.20. The number of aliphatic hydroxyl groups excluding tert-OH is 1. The first-order valence-corrected chi connectivity index (χ1v) is 13.2. The molecule has 4 fully saturated rings. The van der Waals surface area contributed by atoms with E-state index < -0.39 is 5.41 Å². The third-order valence-electron chi connectivity index (χ3n) is 8.19. The van der Waals surface area contributed by atoms with Gasteiger partial charge in [-0.1, -0.05) is 23.2 Å². The molecular weight excluding hydrogens is 477 g/mol. The van der Waals surface area contributed by atoms with Crippen molar-refractivity contribution >= 4 is 40.8 Å². The standard InChI is InChI=1S/C24H33Cl2N5O3/c25-19-14-27-15-20(26)21(19)28-10-12-29(13-11-28)23(34)30-8-1-6-24(16-30)7-9-31(22(24)33)17-2-4-18(32)5-3-17/h14-15,17-18,32H,1-13,16H2/t17-,18-,24?. The van der Waals surface area contributed by atoms with Gasteiger partial charge in [0.1, 0.15) is 0 Å². The molecule has 3 saturated heterocycles.